The van der Waals surface area contributed by atoms with Gasteiger partial charge in [0.15, 0.2) is 5.54 Å². The smallest absolute Gasteiger partial charge is 0.322 e. The van der Waals surface area contributed by atoms with Crippen molar-refractivity contribution in [1.29, 1.82) is 0 Å². The van der Waals surface area contributed by atoms with Crippen molar-refractivity contribution in [3.8, 4) is 0 Å². The van der Waals surface area contributed by atoms with Gasteiger partial charge in [0.25, 0.3) is 5.91 Å². The number of nitrogens with one attached hydrogen (secondary N) is 3. The molecule has 3 amide bonds. The van der Waals surface area contributed by atoms with Crippen molar-refractivity contribution in [3.05, 3.63) is 36.0 Å². The molecular weight excluding hydrogens is 218 g/mol. The van der Waals surface area contributed by atoms with E-state index in [1.54, 1.807) is 6.92 Å². The zero-order valence-corrected chi connectivity index (χ0v) is 9.20. The van der Waals surface area contributed by atoms with Crippen LogP contribution in [0.25, 0.3) is 10.9 Å². The highest BCUT2D eigenvalue weighted by Gasteiger charge is 2.44. The highest BCUT2D eigenvalue weighted by atomic mass is 16.2. The maximum absolute atomic E-state index is 11.8. The average Bonchev–Trinajstić information content (AvgIpc) is 2.81. The Hall–Kier alpha value is -2.30. The summed E-state index contributed by atoms with van der Waals surface area (Å²) in [6.45, 7) is 1.68. The first kappa shape index (κ1) is 9.89. The van der Waals surface area contributed by atoms with Gasteiger partial charge in [-0.25, -0.2) is 4.79 Å². The molecule has 1 aromatic heterocycles. The number of aromatic nitrogens is 1. The van der Waals surface area contributed by atoms with E-state index in [1.165, 1.54) is 0 Å². The topological polar surface area (TPSA) is 74.0 Å². The molecular formula is C12H11N3O2. The third-order valence-corrected chi connectivity index (χ3v) is 3.11. The second kappa shape index (κ2) is 3.10. The molecule has 2 heterocycles. The summed E-state index contributed by atoms with van der Waals surface area (Å²) in [5, 5.41) is 5.88. The third kappa shape index (κ3) is 1.32. The van der Waals surface area contributed by atoms with Crippen LogP contribution in [0.1, 0.15) is 12.6 Å². The van der Waals surface area contributed by atoms with Gasteiger partial charge in [-0.2, -0.15) is 0 Å². The molecule has 1 fully saturated rings. The van der Waals surface area contributed by atoms with E-state index in [-0.39, 0.29) is 5.91 Å². The number of carbonyl (C=O) groups excluding carboxylic acids is 2. The molecule has 1 unspecified atom stereocenters. The van der Waals surface area contributed by atoms with Gasteiger partial charge in [0, 0.05) is 5.52 Å². The van der Waals surface area contributed by atoms with Gasteiger partial charge in [0.2, 0.25) is 0 Å². The van der Waals surface area contributed by atoms with Crippen LogP contribution in [0, 0.1) is 0 Å². The van der Waals surface area contributed by atoms with Crippen molar-refractivity contribution in [2.75, 3.05) is 0 Å². The van der Waals surface area contributed by atoms with Crippen molar-refractivity contribution >= 4 is 22.8 Å². The minimum absolute atomic E-state index is 0.339. The molecule has 5 nitrogen and oxygen atoms in total. The molecule has 1 aliphatic rings. The summed E-state index contributed by atoms with van der Waals surface area (Å²) >= 11 is 0. The fourth-order valence-corrected chi connectivity index (χ4v) is 2.08. The highest BCUT2D eigenvalue weighted by Crippen LogP contribution is 2.26. The number of aromatic amines is 1. The molecule has 0 bridgehead atoms. The number of urea groups is 1. The second-order valence-electron chi connectivity index (χ2n) is 4.30. The Balaban J connectivity index is 2.15. The van der Waals surface area contributed by atoms with Gasteiger partial charge in [0.1, 0.15) is 0 Å². The maximum Gasteiger partial charge on any atom is 0.322 e. The van der Waals surface area contributed by atoms with E-state index in [2.05, 4.69) is 15.6 Å². The van der Waals surface area contributed by atoms with Crippen LogP contribution in [0.3, 0.4) is 0 Å². The van der Waals surface area contributed by atoms with E-state index in [0.717, 1.165) is 10.9 Å². The zero-order chi connectivity index (χ0) is 12.0. The van der Waals surface area contributed by atoms with Gasteiger partial charge in [0.05, 0.1) is 5.69 Å². The first-order valence-corrected chi connectivity index (χ1v) is 5.31. The Bertz CT molecular complexity index is 598. The lowest BCUT2D eigenvalue weighted by molar-refractivity contribution is -0.123. The van der Waals surface area contributed by atoms with Crippen LogP contribution in [-0.4, -0.2) is 16.9 Å². The lowest BCUT2D eigenvalue weighted by Gasteiger charge is -2.18. The van der Waals surface area contributed by atoms with Crippen molar-refractivity contribution in [3.63, 3.8) is 0 Å². The Kier molecular flexibility index (Phi) is 1.80. The molecule has 3 rings (SSSR count). The molecule has 86 valence electrons. The number of carbonyl (C=O) groups is 2. The molecule has 1 aromatic carbocycles. The van der Waals surface area contributed by atoms with Crippen LogP contribution < -0.4 is 10.6 Å². The van der Waals surface area contributed by atoms with Crippen molar-refractivity contribution in [2.24, 2.45) is 0 Å². The van der Waals surface area contributed by atoms with Gasteiger partial charge in [-0.3, -0.25) is 10.1 Å². The zero-order valence-electron chi connectivity index (χ0n) is 9.20. The number of para-hydroxylation sites is 1. The fourth-order valence-electron chi connectivity index (χ4n) is 2.08. The van der Waals surface area contributed by atoms with E-state index in [1.807, 2.05) is 30.3 Å². The van der Waals surface area contributed by atoms with Gasteiger partial charge < -0.3 is 10.3 Å². The minimum Gasteiger partial charge on any atom is -0.356 e. The van der Waals surface area contributed by atoms with E-state index < -0.39 is 11.6 Å². The normalized spacial score (nSPS) is 23.8. The monoisotopic (exact) mass is 229 g/mol. The Morgan fingerprint density at radius 3 is 2.59 bits per heavy atom. The molecule has 0 spiro atoms. The third-order valence-electron chi connectivity index (χ3n) is 3.11. The molecule has 3 N–H and O–H groups in total. The van der Waals surface area contributed by atoms with E-state index in [9.17, 15) is 9.59 Å². The Morgan fingerprint density at radius 1 is 1.18 bits per heavy atom. The largest absolute Gasteiger partial charge is 0.356 e. The fraction of sp³-hybridized carbons (Fsp3) is 0.167. The molecule has 2 aromatic rings. The number of imide groups is 1. The van der Waals surface area contributed by atoms with Crippen LogP contribution in [0.2, 0.25) is 0 Å². The van der Waals surface area contributed by atoms with Crippen LogP contribution in [0.4, 0.5) is 4.79 Å². The molecule has 17 heavy (non-hydrogen) atoms. The van der Waals surface area contributed by atoms with Crippen LogP contribution in [-0.2, 0) is 10.3 Å². The first-order chi connectivity index (χ1) is 8.09. The number of hydrogen-bond acceptors (Lipinski definition) is 2. The van der Waals surface area contributed by atoms with Crippen LogP contribution in [0.5, 0.6) is 0 Å². The minimum atomic E-state index is -1.02. The average molecular weight is 229 g/mol. The summed E-state index contributed by atoms with van der Waals surface area (Å²) in [6.07, 6.45) is 0. The number of rotatable bonds is 1. The van der Waals surface area contributed by atoms with E-state index >= 15 is 0 Å². The van der Waals surface area contributed by atoms with Crippen molar-refractivity contribution in [2.45, 2.75) is 12.5 Å². The van der Waals surface area contributed by atoms with Crippen molar-refractivity contribution < 1.29 is 9.59 Å². The molecule has 0 aliphatic carbocycles. The van der Waals surface area contributed by atoms with Crippen LogP contribution >= 0.6 is 0 Å². The summed E-state index contributed by atoms with van der Waals surface area (Å²) in [7, 11) is 0. The van der Waals surface area contributed by atoms with Gasteiger partial charge in [-0.15, -0.1) is 0 Å². The number of fused-ring (bicyclic) bond motifs is 1. The van der Waals surface area contributed by atoms with Crippen LogP contribution in [0.15, 0.2) is 30.3 Å². The predicted molar refractivity (Wildman–Crippen MR) is 62.3 cm³/mol. The maximum atomic E-state index is 11.8. The molecule has 0 saturated carbocycles. The standard InChI is InChI=1S/C12H11N3O2/c1-12(10(16)14-11(17)15-12)9-6-7-4-2-3-5-8(7)13-9/h2-6,13H,1H3,(H2,14,15,16,17). The summed E-state index contributed by atoms with van der Waals surface area (Å²) in [4.78, 5) is 26.1. The number of hydrogen-bond donors (Lipinski definition) is 3. The molecule has 5 heteroatoms. The quantitative estimate of drug-likeness (QED) is 0.643. The lowest BCUT2D eigenvalue weighted by Crippen LogP contribution is -2.40. The summed E-state index contributed by atoms with van der Waals surface area (Å²) < 4.78 is 0. The van der Waals surface area contributed by atoms with Gasteiger partial charge in [-0.1, -0.05) is 18.2 Å². The molecule has 1 aliphatic heterocycles. The first-order valence-electron chi connectivity index (χ1n) is 5.31. The SMILES string of the molecule is CC1(c2cc3ccccc3[nH]2)NC(=O)NC1=O. The Labute approximate surface area is 97.2 Å². The predicted octanol–water partition coefficient (Wildman–Crippen LogP) is 1.22. The molecule has 0 radical (unpaired) electrons. The van der Waals surface area contributed by atoms with E-state index in [4.69, 9.17) is 0 Å². The van der Waals surface area contributed by atoms with E-state index in [0.29, 0.717) is 5.69 Å². The number of amides is 3. The molecule has 1 saturated heterocycles. The summed E-state index contributed by atoms with van der Waals surface area (Å²) in [5.41, 5.74) is 0.607. The summed E-state index contributed by atoms with van der Waals surface area (Å²) in [5.74, 6) is -0.339. The van der Waals surface area contributed by atoms with Gasteiger partial charge in [-0.05, 0) is 24.4 Å². The molecule has 1 atom stereocenters. The van der Waals surface area contributed by atoms with Crippen molar-refractivity contribution in [1.82, 2.24) is 15.6 Å². The van der Waals surface area contributed by atoms with Gasteiger partial charge >= 0.3 is 6.03 Å². The Morgan fingerprint density at radius 2 is 1.94 bits per heavy atom. The summed E-state index contributed by atoms with van der Waals surface area (Å²) in [6, 6.07) is 9.13. The second-order valence-corrected chi connectivity index (χ2v) is 4.30. The lowest BCUT2D eigenvalue weighted by atomic mass is 9.98. The number of H-pyrrole nitrogens is 1. The number of benzene rings is 1. The highest BCUT2D eigenvalue weighted by molar-refractivity contribution is 6.07.